The second kappa shape index (κ2) is 8.17. The van der Waals surface area contributed by atoms with Gasteiger partial charge in [-0.1, -0.05) is 33.6 Å². The monoisotopic (exact) mass is 410 g/mol. The van der Waals surface area contributed by atoms with Gasteiger partial charge in [0.25, 0.3) is 11.8 Å². The molecule has 0 radical (unpaired) electrons. The van der Waals surface area contributed by atoms with Crippen LogP contribution in [0.1, 0.15) is 15.9 Å². The van der Waals surface area contributed by atoms with Crippen LogP contribution in [0.2, 0.25) is 5.02 Å². The molecule has 0 unspecified atom stereocenters. The number of hydrogen-bond acceptors (Lipinski definition) is 3. The maximum atomic E-state index is 12.0. The quantitative estimate of drug-likeness (QED) is 0.786. The fourth-order valence-electron chi connectivity index (χ4n) is 2.09. The molecule has 2 aromatic carbocycles. The highest BCUT2D eigenvalue weighted by atomic mass is 79.9. The van der Waals surface area contributed by atoms with Crippen molar-refractivity contribution in [2.75, 3.05) is 19.0 Å². The molecule has 0 saturated carbocycles. The van der Waals surface area contributed by atoms with Gasteiger partial charge in [-0.3, -0.25) is 9.59 Å². The van der Waals surface area contributed by atoms with E-state index in [2.05, 4.69) is 26.6 Å². The Bertz CT molecular complexity index is 757. The molecule has 0 saturated heterocycles. The maximum Gasteiger partial charge on any atom is 0.262 e. The molecule has 0 heterocycles. The lowest BCUT2D eigenvalue weighted by Gasteiger charge is -2.12. The Morgan fingerprint density at radius 3 is 2.67 bits per heavy atom. The van der Waals surface area contributed by atoms with Gasteiger partial charge in [0.05, 0.1) is 5.02 Å². The fraction of sp³-hybridized carbons (Fsp3) is 0.176. The third-order valence-corrected chi connectivity index (χ3v) is 3.92. The molecule has 0 spiro atoms. The van der Waals surface area contributed by atoms with Gasteiger partial charge in [-0.15, -0.1) is 0 Å². The molecule has 0 bridgehead atoms. The van der Waals surface area contributed by atoms with Crippen LogP contribution in [0.3, 0.4) is 0 Å². The zero-order valence-corrected chi connectivity index (χ0v) is 15.5. The number of ether oxygens (including phenoxy) is 1. The highest BCUT2D eigenvalue weighted by Gasteiger charge is 2.11. The van der Waals surface area contributed by atoms with Gasteiger partial charge in [0.1, 0.15) is 5.75 Å². The Labute approximate surface area is 153 Å². The topological polar surface area (TPSA) is 67.4 Å². The standard InChI is InChI=1S/C17H16BrClN2O3/c1-10-6-12(18)8-14(19)16(10)24-9-15(22)21-13-5-3-4-11(7-13)17(23)20-2/h3-8H,9H2,1-2H3,(H,20,23)(H,21,22). The molecule has 0 aliphatic rings. The Morgan fingerprint density at radius 1 is 1.25 bits per heavy atom. The average molecular weight is 412 g/mol. The zero-order chi connectivity index (χ0) is 17.7. The van der Waals surface area contributed by atoms with Crippen molar-refractivity contribution in [2.24, 2.45) is 0 Å². The molecule has 0 atom stereocenters. The molecule has 7 heteroatoms. The van der Waals surface area contributed by atoms with E-state index in [9.17, 15) is 9.59 Å². The number of nitrogens with one attached hydrogen (secondary N) is 2. The average Bonchev–Trinajstić information content (AvgIpc) is 2.53. The molecule has 0 aromatic heterocycles. The Morgan fingerprint density at radius 2 is 2.00 bits per heavy atom. The molecule has 0 aliphatic heterocycles. The number of carbonyl (C=O) groups excluding carboxylic acids is 2. The molecule has 2 N–H and O–H groups in total. The summed E-state index contributed by atoms with van der Waals surface area (Å²) in [5.74, 6) is -0.101. The van der Waals surface area contributed by atoms with Crippen LogP contribution in [-0.4, -0.2) is 25.5 Å². The van der Waals surface area contributed by atoms with E-state index in [1.165, 1.54) is 0 Å². The van der Waals surface area contributed by atoms with Gasteiger partial charge in [-0.2, -0.15) is 0 Å². The summed E-state index contributed by atoms with van der Waals surface area (Å²) in [5, 5.41) is 5.64. The number of halogens is 2. The van der Waals surface area contributed by atoms with Gasteiger partial charge < -0.3 is 15.4 Å². The van der Waals surface area contributed by atoms with Gasteiger partial charge in [-0.25, -0.2) is 0 Å². The third kappa shape index (κ3) is 4.72. The smallest absolute Gasteiger partial charge is 0.262 e. The first kappa shape index (κ1) is 18.3. The van der Waals surface area contributed by atoms with E-state index >= 15 is 0 Å². The minimum absolute atomic E-state index is 0.188. The van der Waals surface area contributed by atoms with E-state index < -0.39 is 0 Å². The van der Waals surface area contributed by atoms with Crippen molar-refractivity contribution in [1.29, 1.82) is 0 Å². The number of anilines is 1. The molecule has 126 valence electrons. The first-order chi connectivity index (χ1) is 11.4. The van der Waals surface area contributed by atoms with Crippen molar-refractivity contribution in [3.63, 3.8) is 0 Å². The van der Waals surface area contributed by atoms with Crippen LogP contribution in [0.25, 0.3) is 0 Å². The van der Waals surface area contributed by atoms with Crippen LogP contribution in [0.4, 0.5) is 5.69 Å². The summed E-state index contributed by atoms with van der Waals surface area (Å²) < 4.78 is 6.35. The van der Waals surface area contributed by atoms with Crippen molar-refractivity contribution in [1.82, 2.24) is 5.32 Å². The van der Waals surface area contributed by atoms with Crippen molar-refractivity contribution < 1.29 is 14.3 Å². The molecule has 2 rings (SSSR count). The summed E-state index contributed by atoms with van der Waals surface area (Å²) in [4.78, 5) is 23.6. The summed E-state index contributed by atoms with van der Waals surface area (Å²) in [5.41, 5.74) is 1.80. The highest BCUT2D eigenvalue weighted by molar-refractivity contribution is 9.10. The van der Waals surface area contributed by atoms with E-state index in [0.717, 1.165) is 10.0 Å². The van der Waals surface area contributed by atoms with Crippen LogP contribution in [-0.2, 0) is 4.79 Å². The van der Waals surface area contributed by atoms with Gasteiger partial charge in [-0.05, 0) is 42.8 Å². The number of carbonyl (C=O) groups is 2. The maximum absolute atomic E-state index is 12.0. The summed E-state index contributed by atoms with van der Waals surface area (Å²) in [7, 11) is 1.55. The zero-order valence-electron chi connectivity index (χ0n) is 13.2. The second-order valence-corrected chi connectivity index (χ2v) is 6.35. The normalized spacial score (nSPS) is 10.2. The molecule has 5 nitrogen and oxygen atoms in total. The van der Waals surface area contributed by atoms with E-state index in [1.54, 1.807) is 37.4 Å². The molecule has 0 aliphatic carbocycles. The molecule has 24 heavy (non-hydrogen) atoms. The summed E-state index contributed by atoms with van der Waals surface area (Å²) in [6, 6.07) is 10.2. The van der Waals surface area contributed by atoms with E-state index in [1.807, 2.05) is 13.0 Å². The van der Waals surface area contributed by atoms with Crippen LogP contribution in [0.5, 0.6) is 5.75 Å². The summed E-state index contributed by atoms with van der Waals surface area (Å²) in [6.45, 7) is 1.66. The van der Waals surface area contributed by atoms with E-state index in [-0.39, 0.29) is 18.4 Å². The lowest BCUT2D eigenvalue weighted by molar-refractivity contribution is -0.118. The number of benzene rings is 2. The number of hydrogen-bond donors (Lipinski definition) is 2. The molecular weight excluding hydrogens is 396 g/mol. The minimum Gasteiger partial charge on any atom is -0.482 e. The summed E-state index contributed by atoms with van der Waals surface area (Å²) in [6.07, 6.45) is 0. The molecule has 2 aromatic rings. The SMILES string of the molecule is CNC(=O)c1cccc(NC(=O)COc2c(C)cc(Br)cc2Cl)c1. The van der Waals surface area contributed by atoms with Crippen LogP contribution < -0.4 is 15.4 Å². The largest absolute Gasteiger partial charge is 0.482 e. The van der Waals surface area contributed by atoms with Crippen molar-refractivity contribution >= 4 is 45.0 Å². The third-order valence-electron chi connectivity index (χ3n) is 3.18. The lowest BCUT2D eigenvalue weighted by Crippen LogP contribution is -2.21. The van der Waals surface area contributed by atoms with Crippen molar-refractivity contribution in [3.05, 3.63) is 57.0 Å². The van der Waals surface area contributed by atoms with Crippen molar-refractivity contribution in [3.8, 4) is 5.75 Å². The van der Waals surface area contributed by atoms with Gasteiger partial charge in [0.15, 0.2) is 6.61 Å². The second-order valence-electron chi connectivity index (χ2n) is 5.03. The molecular formula is C17H16BrClN2O3. The number of aryl methyl sites for hydroxylation is 1. The summed E-state index contributed by atoms with van der Waals surface area (Å²) >= 11 is 9.46. The minimum atomic E-state index is -0.345. The van der Waals surface area contributed by atoms with Crippen molar-refractivity contribution in [2.45, 2.75) is 6.92 Å². The van der Waals surface area contributed by atoms with E-state index in [4.69, 9.17) is 16.3 Å². The first-order valence-corrected chi connectivity index (χ1v) is 8.28. The van der Waals surface area contributed by atoms with Crippen LogP contribution in [0, 0.1) is 6.92 Å². The molecule has 2 amide bonds. The Kier molecular flexibility index (Phi) is 6.23. The fourth-order valence-corrected chi connectivity index (χ4v) is 3.11. The Hall–Kier alpha value is -2.05. The Balaban J connectivity index is 2.01. The number of amides is 2. The molecule has 0 fully saturated rings. The predicted molar refractivity (Wildman–Crippen MR) is 97.8 cm³/mol. The van der Waals surface area contributed by atoms with Crippen LogP contribution >= 0.6 is 27.5 Å². The van der Waals surface area contributed by atoms with E-state index in [0.29, 0.717) is 22.0 Å². The van der Waals surface area contributed by atoms with Gasteiger partial charge in [0, 0.05) is 22.8 Å². The number of rotatable bonds is 5. The highest BCUT2D eigenvalue weighted by Crippen LogP contribution is 2.31. The van der Waals surface area contributed by atoms with Crippen LogP contribution in [0.15, 0.2) is 40.9 Å². The predicted octanol–water partition coefficient (Wildman–Crippen LogP) is 3.79. The van der Waals surface area contributed by atoms with Gasteiger partial charge >= 0.3 is 0 Å². The first-order valence-electron chi connectivity index (χ1n) is 7.11. The van der Waals surface area contributed by atoms with Gasteiger partial charge in [0.2, 0.25) is 0 Å². The lowest BCUT2D eigenvalue weighted by atomic mass is 10.2.